The van der Waals surface area contributed by atoms with Crippen LogP contribution in [0, 0.1) is 0 Å². The standard InChI is InChI=1S/C13H12ClF3N2O2/c14-10-3-1-9(2-4-10)11(20)18-5-7-19(8-6-18)12(21)13(15,16)17/h1-4H,5-8H2. The third-order valence-electron chi connectivity index (χ3n) is 3.19. The zero-order chi connectivity index (χ0) is 15.6. The fourth-order valence-electron chi connectivity index (χ4n) is 2.07. The molecule has 21 heavy (non-hydrogen) atoms. The lowest BCUT2D eigenvalue weighted by molar-refractivity contribution is -0.186. The van der Waals surface area contributed by atoms with E-state index in [1.165, 1.54) is 4.90 Å². The van der Waals surface area contributed by atoms with Crippen molar-refractivity contribution in [3.8, 4) is 0 Å². The van der Waals surface area contributed by atoms with E-state index in [-0.39, 0.29) is 32.1 Å². The van der Waals surface area contributed by atoms with Gasteiger partial charge in [0.2, 0.25) is 0 Å². The van der Waals surface area contributed by atoms with E-state index in [1.54, 1.807) is 24.3 Å². The van der Waals surface area contributed by atoms with Crippen LogP contribution in [0.25, 0.3) is 0 Å². The summed E-state index contributed by atoms with van der Waals surface area (Å²) in [5.41, 5.74) is 0.412. The van der Waals surface area contributed by atoms with Gasteiger partial charge in [-0.05, 0) is 24.3 Å². The van der Waals surface area contributed by atoms with Gasteiger partial charge in [-0.25, -0.2) is 0 Å². The molecule has 1 aliphatic heterocycles. The van der Waals surface area contributed by atoms with Crippen LogP contribution in [-0.2, 0) is 4.79 Å². The highest BCUT2D eigenvalue weighted by atomic mass is 35.5. The minimum Gasteiger partial charge on any atom is -0.335 e. The number of amides is 2. The Kier molecular flexibility index (Phi) is 4.41. The number of nitrogens with zero attached hydrogens (tertiary/aromatic N) is 2. The highest BCUT2D eigenvalue weighted by Gasteiger charge is 2.43. The molecule has 8 heteroatoms. The molecule has 0 radical (unpaired) electrons. The summed E-state index contributed by atoms with van der Waals surface area (Å²) in [6.45, 7) is -0.109. The third-order valence-corrected chi connectivity index (χ3v) is 3.44. The average Bonchev–Trinajstić information content (AvgIpc) is 2.46. The van der Waals surface area contributed by atoms with Gasteiger partial charge in [0.1, 0.15) is 0 Å². The number of carbonyl (C=O) groups excluding carboxylic acids is 2. The lowest BCUT2D eigenvalue weighted by atomic mass is 10.2. The zero-order valence-electron chi connectivity index (χ0n) is 10.9. The van der Waals surface area contributed by atoms with Gasteiger partial charge in [-0.3, -0.25) is 9.59 Å². The van der Waals surface area contributed by atoms with Crippen LogP contribution < -0.4 is 0 Å². The Bertz CT molecular complexity index is 537. The van der Waals surface area contributed by atoms with Crippen LogP contribution in [0.15, 0.2) is 24.3 Å². The number of piperazine rings is 1. The van der Waals surface area contributed by atoms with Gasteiger partial charge in [0, 0.05) is 36.8 Å². The maximum absolute atomic E-state index is 12.3. The predicted octanol–water partition coefficient (Wildman–Crippen LogP) is 2.19. The van der Waals surface area contributed by atoms with Crippen LogP contribution in [0.1, 0.15) is 10.4 Å². The van der Waals surface area contributed by atoms with Crippen molar-refractivity contribution in [2.45, 2.75) is 6.18 Å². The maximum atomic E-state index is 12.3. The molecule has 2 amide bonds. The van der Waals surface area contributed by atoms with Gasteiger partial charge in [0.05, 0.1) is 0 Å². The molecule has 1 saturated heterocycles. The topological polar surface area (TPSA) is 40.6 Å². The molecular weight excluding hydrogens is 309 g/mol. The molecule has 0 N–H and O–H groups in total. The Balaban J connectivity index is 1.96. The smallest absolute Gasteiger partial charge is 0.335 e. The SMILES string of the molecule is O=C(c1ccc(Cl)cc1)N1CCN(C(=O)C(F)(F)F)CC1. The minimum atomic E-state index is -4.87. The van der Waals surface area contributed by atoms with Crippen molar-refractivity contribution in [3.63, 3.8) is 0 Å². The van der Waals surface area contributed by atoms with Crippen LogP contribution >= 0.6 is 11.6 Å². The van der Waals surface area contributed by atoms with Crippen molar-refractivity contribution in [3.05, 3.63) is 34.9 Å². The second-order valence-corrected chi connectivity index (χ2v) is 5.03. The summed E-state index contributed by atoms with van der Waals surface area (Å²) >= 11 is 5.72. The average molecular weight is 321 g/mol. The minimum absolute atomic E-state index is 0.0727. The van der Waals surface area contributed by atoms with Crippen molar-refractivity contribution < 1.29 is 22.8 Å². The van der Waals surface area contributed by atoms with Gasteiger partial charge < -0.3 is 9.80 Å². The highest BCUT2D eigenvalue weighted by molar-refractivity contribution is 6.30. The van der Waals surface area contributed by atoms with Crippen LogP contribution in [0.3, 0.4) is 0 Å². The molecule has 2 rings (SSSR count). The molecule has 0 aromatic heterocycles. The zero-order valence-corrected chi connectivity index (χ0v) is 11.6. The van der Waals surface area contributed by atoms with Crippen molar-refractivity contribution >= 4 is 23.4 Å². The Labute approximate surface area is 124 Å². The molecule has 0 unspecified atom stereocenters. The fraction of sp³-hybridized carbons (Fsp3) is 0.385. The largest absolute Gasteiger partial charge is 0.471 e. The Hall–Kier alpha value is -1.76. The third kappa shape index (κ3) is 3.66. The molecule has 114 valence electrons. The molecule has 1 aromatic carbocycles. The van der Waals surface area contributed by atoms with E-state index in [2.05, 4.69) is 0 Å². The first-order valence-electron chi connectivity index (χ1n) is 6.20. The Morgan fingerprint density at radius 2 is 1.43 bits per heavy atom. The van der Waals surface area contributed by atoms with E-state index >= 15 is 0 Å². The van der Waals surface area contributed by atoms with Crippen molar-refractivity contribution in [2.24, 2.45) is 0 Å². The molecule has 1 aromatic rings. The van der Waals surface area contributed by atoms with E-state index in [0.29, 0.717) is 15.5 Å². The molecule has 0 aliphatic carbocycles. The number of hydrogen-bond acceptors (Lipinski definition) is 2. The van der Waals surface area contributed by atoms with E-state index in [1.807, 2.05) is 0 Å². The number of carbonyl (C=O) groups is 2. The fourth-order valence-corrected chi connectivity index (χ4v) is 2.19. The van der Waals surface area contributed by atoms with Crippen molar-refractivity contribution in [1.82, 2.24) is 9.80 Å². The lowest BCUT2D eigenvalue weighted by Crippen LogP contribution is -2.53. The van der Waals surface area contributed by atoms with E-state index in [0.717, 1.165) is 0 Å². The Morgan fingerprint density at radius 1 is 0.952 bits per heavy atom. The predicted molar refractivity (Wildman–Crippen MR) is 70.0 cm³/mol. The Morgan fingerprint density at radius 3 is 1.90 bits per heavy atom. The normalized spacial score (nSPS) is 16.0. The number of halogens is 4. The first-order chi connectivity index (χ1) is 9.79. The summed E-state index contributed by atoms with van der Waals surface area (Å²) in [5.74, 6) is -2.15. The van der Waals surface area contributed by atoms with Gasteiger partial charge >= 0.3 is 12.1 Å². The molecule has 1 fully saturated rings. The van der Waals surface area contributed by atoms with Gasteiger partial charge in [-0.15, -0.1) is 0 Å². The molecular formula is C13H12ClF3N2O2. The summed E-state index contributed by atoms with van der Waals surface area (Å²) in [5, 5.41) is 0.493. The van der Waals surface area contributed by atoms with Crippen LogP contribution in [-0.4, -0.2) is 54.0 Å². The summed E-state index contributed by atoms with van der Waals surface area (Å²) in [6.07, 6.45) is -4.87. The number of alkyl halides is 3. The molecule has 4 nitrogen and oxygen atoms in total. The van der Waals surface area contributed by atoms with E-state index in [9.17, 15) is 22.8 Å². The van der Waals surface area contributed by atoms with Gasteiger partial charge in [0.25, 0.3) is 5.91 Å². The molecule has 1 heterocycles. The van der Waals surface area contributed by atoms with Gasteiger partial charge in [-0.1, -0.05) is 11.6 Å². The summed E-state index contributed by atoms with van der Waals surface area (Å²) in [7, 11) is 0. The molecule has 0 atom stereocenters. The molecule has 1 aliphatic rings. The maximum Gasteiger partial charge on any atom is 0.471 e. The monoisotopic (exact) mass is 320 g/mol. The van der Waals surface area contributed by atoms with Crippen LogP contribution in [0.2, 0.25) is 5.02 Å². The molecule has 0 spiro atoms. The first kappa shape index (κ1) is 15.6. The molecule has 0 bridgehead atoms. The lowest BCUT2D eigenvalue weighted by Gasteiger charge is -2.35. The van der Waals surface area contributed by atoms with Crippen molar-refractivity contribution in [2.75, 3.05) is 26.2 Å². The van der Waals surface area contributed by atoms with Gasteiger partial charge in [-0.2, -0.15) is 13.2 Å². The second-order valence-electron chi connectivity index (χ2n) is 4.59. The number of hydrogen-bond donors (Lipinski definition) is 0. The van der Waals surface area contributed by atoms with E-state index in [4.69, 9.17) is 11.6 Å². The van der Waals surface area contributed by atoms with E-state index < -0.39 is 12.1 Å². The number of rotatable bonds is 1. The van der Waals surface area contributed by atoms with Gasteiger partial charge in [0.15, 0.2) is 0 Å². The summed E-state index contributed by atoms with van der Waals surface area (Å²) in [6, 6.07) is 6.24. The quantitative estimate of drug-likeness (QED) is 0.796. The van der Waals surface area contributed by atoms with Crippen LogP contribution in [0.4, 0.5) is 13.2 Å². The first-order valence-corrected chi connectivity index (χ1v) is 6.58. The molecule has 0 saturated carbocycles. The summed E-state index contributed by atoms with van der Waals surface area (Å²) < 4.78 is 36.9. The number of benzene rings is 1. The highest BCUT2D eigenvalue weighted by Crippen LogP contribution is 2.20. The second kappa shape index (κ2) is 5.93. The summed E-state index contributed by atoms with van der Waals surface area (Å²) in [4.78, 5) is 25.4. The van der Waals surface area contributed by atoms with Crippen LogP contribution in [0.5, 0.6) is 0 Å². The van der Waals surface area contributed by atoms with Crippen molar-refractivity contribution in [1.29, 1.82) is 0 Å².